The summed E-state index contributed by atoms with van der Waals surface area (Å²) < 4.78 is 5.49. The number of carbonyl (C=O) groups is 4. The Morgan fingerprint density at radius 3 is 2.43 bits per heavy atom. The predicted octanol–water partition coefficient (Wildman–Crippen LogP) is 2.45. The number of barbiturate groups is 1. The zero-order chi connectivity index (χ0) is 20.3. The number of nitrogens with one attached hydrogen (secondary N) is 1. The lowest BCUT2D eigenvalue weighted by molar-refractivity contribution is -0.122. The molecule has 28 heavy (non-hydrogen) atoms. The van der Waals surface area contributed by atoms with Crippen molar-refractivity contribution in [2.45, 2.75) is 6.92 Å². The van der Waals surface area contributed by atoms with E-state index in [2.05, 4.69) is 5.32 Å². The lowest BCUT2D eigenvalue weighted by Gasteiger charge is -2.26. The predicted molar refractivity (Wildman–Crippen MR) is 100 cm³/mol. The van der Waals surface area contributed by atoms with E-state index in [9.17, 15) is 19.2 Å². The number of carboxylic acids is 1. The van der Waals surface area contributed by atoms with Crippen molar-refractivity contribution in [2.24, 2.45) is 0 Å². The Morgan fingerprint density at radius 1 is 1.11 bits per heavy atom. The molecule has 0 atom stereocenters. The third-order valence-electron chi connectivity index (χ3n) is 3.99. The van der Waals surface area contributed by atoms with Gasteiger partial charge >= 0.3 is 12.0 Å². The zero-order valence-corrected chi connectivity index (χ0v) is 14.8. The van der Waals surface area contributed by atoms with Gasteiger partial charge in [0, 0.05) is 5.56 Å². The van der Waals surface area contributed by atoms with Crippen LogP contribution in [0.25, 0.3) is 6.08 Å². The first-order chi connectivity index (χ1) is 13.4. The maximum absolute atomic E-state index is 12.9. The Balaban J connectivity index is 2.00. The Hall–Kier alpha value is -3.94. The minimum atomic E-state index is -1.13. The summed E-state index contributed by atoms with van der Waals surface area (Å²) >= 11 is 0. The molecule has 1 saturated heterocycles. The van der Waals surface area contributed by atoms with Gasteiger partial charge in [0.25, 0.3) is 11.8 Å². The molecule has 2 N–H and O–H groups in total. The van der Waals surface area contributed by atoms with Crippen molar-refractivity contribution < 1.29 is 29.0 Å². The molecule has 0 saturated carbocycles. The molecule has 1 heterocycles. The molecule has 1 aliphatic rings. The van der Waals surface area contributed by atoms with Crippen LogP contribution in [-0.4, -0.2) is 35.5 Å². The van der Waals surface area contributed by atoms with Crippen LogP contribution in [0.1, 0.15) is 22.8 Å². The topological polar surface area (TPSA) is 113 Å². The lowest BCUT2D eigenvalue weighted by atomic mass is 10.1. The van der Waals surface area contributed by atoms with Crippen molar-refractivity contribution in [3.05, 3.63) is 65.2 Å². The third kappa shape index (κ3) is 3.61. The van der Waals surface area contributed by atoms with Gasteiger partial charge in [0.1, 0.15) is 11.3 Å². The molecule has 8 heteroatoms. The Bertz CT molecular complexity index is 994. The standard InChI is InChI=1S/C20H16N2O6/c1-2-28-16-6-4-3-5-13(16)11-15-17(23)21-20(27)22(18(15)24)14-9-7-12(8-10-14)19(25)26/h3-11H,2H2,1H3,(H,25,26)(H,21,23,27)/b15-11+. The molecule has 1 fully saturated rings. The molecule has 2 aromatic rings. The fraction of sp³-hybridized carbons (Fsp3) is 0.100. The number of urea groups is 1. The molecular weight excluding hydrogens is 364 g/mol. The molecule has 0 aromatic heterocycles. The summed E-state index contributed by atoms with van der Waals surface area (Å²) in [6.45, 7) is 2.21. The first kappa shape index (κ1) is 18.8. The normalized spacial score (nSPS) is 15.5. The van der Waals surface area contributed by atoms with E-state index in [1.807, 2.05) is 6.92 Å². The molecule has 0 unspecified atom stereocenters. The molecule has 0 radical (unpaired) electrons. The van der Waals surface area contributed by atoms with Crippen LogP contribution in [0.5, 0.6) is 5.75 Å². The van der Waals surface area contributed by atoms with E-state index < -0.39 is 23.8 Å². The highest BCUT2D eigenvalue weighted by molar-refractivity contribution is 6.39. The average Bonchev–Trinajstić information content (AvgIpc) is 2.67. The molecule has 0 bridgehead atoms. The number of para-hydroxylation sites is 1. The number of amides is 4. The van der Waals surface area contributed by atoms with Gasteiger partial charge in [-0.05, 0) is 43.3 Å². The summed E-state index contributed by atoms with van der Waals surface area (Å²) in [6.07, 6.45) is 1.35. The molecule has 2 aromatic carbocycles. The van der Waals surface area contributed by atoms with Crippen LogP contribution in [0.15, 0.2) is 54.1 Å². The largest absolute Gasteiger partial charge is 0.493 e. The smallest absolute Gasteiger partial charge is 0.335 e. The number of nitrogens with zero attached hydrogens (tertiary/aromatic N) is 1. The fourth-order valence-corrected chi connectivity index (χ4v) is 2.69. The van der Waals surface area contributed by atoms with E-state index >= 15 is 0 Å². The van der Waals surface area contributed by atoms with Crippen LogP contribution in [0.3, 0.4) is 0 Å². The van der Waals surface area contributed by atoms with Gasteiger partial charge in [0.2, 0.25) is 0 Å². The quantitative estimate of drug-likeness (QED) is 0.609. The molecule has 0 aliphatic carbocycles. The van der Waals surface area contributed by atoms with Gasteiger partial charge in [-0.1, -0.05) is 18.2 Å². The highest BCUT2D eigenvalue weighted by Crippen LogP contribution is 2.25. The summed E-state index contributed by atoms with van der Waals surface area (Å²) in [5, 5.41) is 11.1. The zero-order valence-electron chi connectivity index (χ0n) is 14.8. The summed E-state index contributed by atoms with van der Waals surface area (Å²) in [4.78, 5) is 49.1. The number of benzene rings is 2. The van der Waals surface area contributed by atoms with E-state index in [0.29, 0.717) is 17.9 Å². The minimum Gasteiger partial charge on any atom is -0.493 e. The van der Waals surface area contributed by atoms with Crippen LogP contribution >= 0.6 is 0 Å². The van der Waals surface area contributed by atoms with E-state index in [4.69, 9.17) is 9.84 Å². The number of rotatable bonds is 5. The number of anilines is 1. The number of carboxylic acid groups (broad SMARTS) is 1. The molecule has 3 rings (SSSR count). The number of aromatic carboxylic acids is 1. The molecule has 1 aliphatic heterocycles. The summed E-state index contributed by atoms with van der Waals surface area (Å²) in [7, 11) is 0. The fourth-order valence-electron chi connectivity index (χ4n) is 2.69. The number of carbonyl (C=O) groups excluding carboxylic acids is 3. The maximum atomic E-state index is 12.9. The van der Waals surface area contributed by atoms with Gasteiger partial charge in [0.15, 0.2) is 0 Å². The van der Waals surface area contributed by atoms with Crippen molar-refractivity contribution in [2.75, 3.05) is 11.5 Å². The van der Waals surface area contributed by atoms with E-state index in [1.165, 1.54) is 30.3 Å². The second-order valence-corrected chi connectivity index (χ2v) is 5.78. The van der Waals surface area contributed by atoms with Gasteiger partial charge in [0.05, 0.1) is 17.9 Å². The molecule has 0 spiro atoms. The average molecular weight is 380 g/mol. The van der Waals surface area contributed by atoms with Crippen LogP contribution in [-0.2, 0) is 9.59 Å². The highest BCUT2D eigenvalue weighted by Gasteiger charge is 2.37. The number of ether oxygens (including phenoxy) is 1. The van der Waals surface area contributed by atoms with Crippen LogP contribution < -0.4 is 15.0 Å². The first-order valence-electron chi connectivity index (χ1n) is 8.39. The summed E-state index contributed by atoms with van der Waals surface area (Å²) in [5.41, 5.74) is 0.419. The molecule has 142 valence electrons. The number of imide groups is 2. The van der Waals surface area contributed by atoms with Gasteiger partial charge in [-0.15, -0.1) is 0 Å². The SMILES string of the molecule is CCOc1ccccc1/C=C1\C(=O)NC(=O)N(c2ccc(C(=O)O)cc2)C1=O. The second-order valence-electron chi connectivity index (χ2n) is 5.78. The van der Waals surface area contributed by atoms with Crippen LogP contribution in [0.2, 0.25) is 0 Å². The third-order valence-corrected chi connectivity index (χ3v) is 3.99. The number of hydrogen-bond acceptors (Lipinski definition) is 5. The van der Waals surface area contributed by atoms with Crippen molar-refractivity contribution in [3.8, 4) is 5.75 Å². The van der Waals surface area contributed by atoms with Gasteiger partial charge < -0.3 is 9.84 Å². The monoisotopic (exact) mass is 380 g/mol. The molecular formula is C20H16N2O6. The lowest BCUT2D eigenvalue weighted by Crippen LogP contribution is -2.54. The Morgan fingerprint density at radius 2 is 1.79 bits per heavy atom. The second kappa shape index (κ2) is 7.75. The van der Waals surface area contributed by atoms with Crippen molar-refractivity contribution >= 4 is 35.6 Å². The Kier molecular flexibility index (Phi) is 5.21. The first-order valence-corrected chi connectivity index (χ1v) is 8.39. The van der Waals surface area contributed by atoms with Gasteiger partial charge in [-0.25, -0.2) is 14.5 Å². The van der Waals surface area contributed by atoms with Crippen LogP contribution in [0.4, 0.5) is 10.5 Å². The summed E-state index contributed by atoms with van der Waals surface area (Å²) in [6, 6.07) is 11.1. The highest BCUT2D eigenvalue weighted by atomic mass is 16.5. The number of hydrogen-bond donors (Lipinski definition) is 2. The van der Waals surface area contributed by atoms with Crippen molar-refractivity contribution in [1.82, 2.24) is 5.32 Å². The molecule has 8 nitrogen and oxygen atoms in total. The van der Waals surface area contributed by atoms with E-state index in [1.54, 1.807) is 24.3 Å². The van der Waals surface area contributed by atoms with Crippen LogP contribution in [0, 0.1) is 0 Å². The van der Waals surface area contributed by atoms with Crippen molar-refractivity contribution in [3.63, 3.8) is 0 Å². The van der Waals surface area contributed by atoms with Crippen molar-refractivity contribution in [1.29, 1.82) is 0 Å². The van der Waals surface area contributed by atoms with Gasteiger partial charge in [-0.2, -0.15) is 0 Å². The molecule has 4 amide bonds. The van der Waals surface area contributed by atoms with Gasteiger partial charge in [-0.3, -0.25) is 14.9 Å². The van der Waals surface area contributed by atoms with E-state index in [-0.39, 0.29) is 16.8 Å². The Labute approximate surface area is 160 Å². The summed E-state index contributed by atoms with van der Waals surface area (Å²) in [5.74, 6) is -2.28. The minimum absolute atomic E-state index is 0.00565. The maximum Gasteiger partial charge on any atom is 0.335 e. The van der Waals surface area contributed by atoms with E-state index in [0.717, 1.165) is 4.90 Å².